The second-order valence-electron chi connectivity index (χ2n) is 31.5. The van der Waals surface area contributed by atoms with Crippen molar-refractivity contribution >= 4 is 331 Å². The van der Waals surface area contributed by atoms with E-state index in [0.717, 1.165) is 21.5 Å². The van der Waals surface area contributed by atoms with Crippen LogP contribution in [-0.4, -0.2) is 52.8 Å². The topological polar surface area (TPSA) is 80.3 Å². The average molecular weight is 1240 g/mol. The van der Waals surface area contributed by atoms with Crippen molar-refractivity contribution in [3.63, 3.8) is 0 Å². The van der Waals surface area contributed by atoms with E-state index in [4.69, 9.17) is 23.7 Å². The van der Waals surface area contributed by atoms with Gasteiger partial charge in [0, 0.05) is 0 Å². The van der Waals surface area contributed by atoms with Crippen LogP contribution in [0.15, 0.2) is 84.4 Å². The monoisotopic (exact) mass is 1240 g/mol. The number of rotatable bonds is 9. The van der Waals surface area contributed by atoms with Crippen LogP contribution in [0.5, 0.6) is 17.2 Å². The smallest absolute Gasteiger partial charge is 0.339 e. The standard InChI is InChI=1S/C89H29O7P/c1-92-19-6-12-22(13-7-19)97(23-14-8-20(93-2)9-15-23,24-16-10-21(94-3)11-17-24)85(87(91)96-5)25-18-26(86(90)95-4)89-83-77-67-57-47-39-31-28-27-29-33-35(31)43-49-41(33)51-45-37(29)38-30(27)34-36-32(28)40(39)48-54-44(36)50-42(34)52-46(38)56-55(45)65-59(51)69-63(49)71(61(67)53(43)47)79(83)75(69)81-73(65)74-66(56)60(52)70-64(50)72-62(54)68(58(48)57)78(77)84(89)80(72)76(70)82(74)88(25,81)89/h6-18,26H,1-5H3. The molecule has 0 fully saturated rings. The molecule has 1 atom stereocenters. The Kier molecular flexibility index (Phi) is 4.85. The summed E-state index contributed by atoms with van der Waals surface area (Å²) in [6, 6.07) is 25.5. The van der Waals surface area contributed by atoms with Crippen LogP contribution in [0.25, 0.3) is 291 Å². The number of carbonyl (C=O) groups is 2. The predicted molar refractivity (Wildman–Crippen MR) is 399 cm³/mol. The maximum atomic E-state index is 17.6. The van der Waals surface area contributed by atoms with Crippen LogP contribution < -0.4 is 30.1 Å². The lowest BCUT2D eigenvalue weighted by Gasteiger charge is -2.54. The molecule has 0 N–H and O–H groups in total. The fourth-order valence-corrected chi connectivity index (χ4v) is 33.6. The van der Waals surface area contributed by atoms with Gasteiger partial charge in [-0.05, 0) is 378 Å². The molecule has 0 amide bonds. The summed E-state index contributed by atoms with van der Waals surface area (Å²) in [5.74, 6) is 0.518. The van der Waals surface area contributed by atoms with E-state index in [2.05, 4.69) is 78.9 Å². The van der Waals surface area contributed by atoms with Gasteiger partial charge in [0.05, 0.1) is 57.6 Å². The number of methoxy groups -OCH3 is 5. The van der Waals surface area contributed by atoms with Crippen LogP contribution in [0.4, 0.5) is 0 Å². The molecule has 36 rings (SSSR count). The molecule has 8 heteroatoms. The Balaban J connectivity index is 0.954. The first kappa shape index (κ1) is 42.8. The van der Waals surface area contributed by atoms with E-state index >= 15 is 9.59 Å². The fourth-order valence-electron chi connectivity index (χ4n) is 29.2. The minimum Gasteiger partial charge on any atom is -0.497 e. The van der Waals surface area contributed by atoms with Crippen molar-refractivity contribution in [3.05, 3.63) is 107 Å². The molecule has 0 radical (unpaired) electrons. The first-order valence-electron chi connectivity index (χ1n) is 34.3. The zero-order chi connectivity index (χ0) is 61.1. The zero-order valence-electron chi connectivity index (χ0n) is 51.4. The van der Waals surface area contributed by atoms with Crippen LogP contribution in [0.1, 0.15) is 22.3 Å². The molecule has 432 valence electrons. The van der Waals surface area contributed by atoms with Crippen molar-refractivity contribution in [1.82, 2.24) is 0 Å². The van der Waals surface area contributed by atoms with Gasteiger partial charge in [-0.25, -0.2) is 4.79 Å². The fraction of sp³-hybridized carbons (Fsp3) is 0.0899. The summed E-state index contributed by atoms with van der Waals surface area (Å²) >= 11 is 0. The maximum Gasteiger partial charge on any atom is 0.339 e. The van der Waals surface area contributed by atoms with Gasteiger partial charge in [0.25, 0.3) is 0 Å². The first-order valence-corrected chi connectivity index (χ1v) is 36.1. The summed E-state index contributed by atoms with van der Waals surface area (Å²) in [4.78, 5) is 34.8. The lowest BCUT2D eigenvalue weighted by Crippen LogP contribution is -2.56. The van der Waals surface area contributed by atoms with Gasteiger partial charge < -0.3 is 23.7 Å². The highest BCUT2D eigenvalue weighted by Crippen LogP contribution is 2.88. The third kappa shape index (κ3) is 2.80. The minimum absolute atomic E-state index is 0.279. The van der Waals surface area contributed by atoms with Crippen molar-refractivity contribution in [2.45, 2.75) is 10.8 Å². The number of carbonyl (C=O) groups excluding carboxylic acids is 2. The average Bonchev–Trinajstić information content (AvgIpc) is 1.38. The molecule has 5 aliphatic rings. The summed E-state index contributed by atoms with van der Waals surface area (Å²) in [5, 5.41) is 82.3. The largest absolute Gasteiger partial charge is 0.497 e. The molecule has 0 aliphatic heterocycles. The quantitative estimate of drug-likeness (QED) is 0.0809. The number of ether oxygens (including phenoxy) is 5. The lowest BCUT2D eigenvalue weighted by molar-refractivity contribution is -0.145. The molecule has 5 aliphatic carbocycles. The molecule has 0 bridgehead atoms. The predicted octanol–water partition coefficient (Wildman–Crippen LogP) is 19.4. The van der Waals surface area contributed by atoms with Gasteiger partial charge >= 0.3 is 11.9 Å². The van der Waals surface area contributed by atoms with E-state index in [1.807, 2.05) is 0 Å². The van der Waals surface area contributed by atoms with Crippen LogP contribution >= 0.6 is 6.89 Å². The molecule has 31 aromatic carbocycles. The van der Waals surface area contributed by atoms with E-state index < -0.39 is 29.6 Å². The summed E-state index contributed by atoms with van der Waals surface area (Å²) in [6.45, 7) is -3.62. The van der Waals surface area contributed by atoms with E-state index in [1.54, 1.807) is 46.3 Å². The molecule has 2 spiro atoms. The first-order chi connectivity index (χ1) is 47.9. The second-order valence-corrected chi connectivity index (χ2v) is 34.8. The Morgan fingerprint density at radius 2 is 0.485 bits per heavy atom. The maximum absolute atomic E-state index is 17.6. The van der Waals surface area contributed by atoms with Crippen LogP contribution in [0.2, 0.25) is 0 Å². The van der Waals surface area contributed by atoms with Crippen molar-refractivity contribution in [2.24, 2.45) is 5.92 Å². The highest BCUT2D eigenvalue weighted by Gasteiger charge is 2.77. The summed E-state index contributed by atoms with van der Waals surface area (Å²) in [5.41, 5.74) is 3.69. The third-order valence-electron chi connectivity index (χ3n) is 30.4. The van der Waals surface area contributed by atoms with Crippen molar-refractivity contribution in [2.75, 3.05) is 35.5 Å². The van der Waals surface area contributed by atoms with Gasteiger partial charge in [-0.15, -0.1) is 0 Å². The Labute approximate surface area is 537 Å². The number of benzene rings is 21. The van der Waals surface area contributed by atoms with Gasteiger partial charge in [0.2, 0.25) is 0 Å². The molecule has 0 heterocycles. The Morgan fingerprint density at radius 1 is 0.278 bits per heavy atom. The van der Waals surface area contributed by atoms with Gasteiger partial charge in [-0.1, -0.05) is 42.5 Å². The highest BCUT2D eigenvalue weighted by molar-refractivity contribution is 7.96. The molecule has 1 unspecified atom stereocenters. The molecule has 31 aromatic rings. The van der Waals surface area contributed by atoms with E-state index in [0.29, 0.717) is 22.5 Å². The SMILES string of the molecule is COC(=O)C(C1=CC(C(=O)OC)C23c4c5c6c7c8c9c(c%10c%11c2c2c4c4c%12c5c5c6c6c8c8c%13c9c9c%10c%10c%11c%11c2c2c4c4c%12c%12c5c5c6c8c6c8c%13c9c9c%10c%10c%11c2c2c4c4c%12c5c6c5c8c9c%10c2c45)C173)=P(c1ccc(OC)cc1)(c1ccc(OC)cc1)c1ccc(OC)cc1. The third-order valence-corrected chi connectivity index (χ3v) is 34.7. The zero-order valence-corrected chi connectivity index (χ0v) is 52.3. The number of hydrogen-bond donors (Lipinski definition) is 0. The molecule has 97 heavy (non-hydrogen) atoms. The van der Waals surface area contributed by atoms with Crippen LogP contribution in [-0.2, 0) is 29.9 Å². The van der Waals surface area contributed by atoms with Gasteiger partial charge in [-0.2, -0.15) is 0 Å². The molecule has 7 nitrogen and oxygen atoms in total. The van der Waals surface area contributed by atoms with E-state index in [9.17, 15) is 0 Å². The van der Waals surface area contributed by atoms with Gasteiger partial charge in [0.15, 0.2) is 0 Å². The molecular formula is C89H29O7P. The summed E-state index contributed by atoms with van der Waals surface area (Å²) in [7, 11) is 8.36. The molecule has 0 aromatic heterocycles. The summed E-state index contributed by atoms with van der Waals surface area (Å²) < 4.78 is 31.6. The Bertz CT molecular complexity index is 8700. The Morgan fingerprint density at radius 3 is 0.680 bits per heavy atom. The van der Waals surface area contributed by atoms with Crippen molar-refractivity contribution in [1.29, 1.82) is 0 Å². The van der Waals surface area contributed by atoms with Gasteiger partial charge in [-0.3, -0.25) is 4.79 Å². The van der Waals surface area contributed by atoms with Crippen molar-refractivity contribution < 1.29 is 33.3 Å². The lowest BCUT2D eigenvalue weighted by atomic mass is 9.46. The normalized spacial score (nSPS) is 20.1. The van der Waals surface area contributed by atoms with E-state index in [-0.39, 0.29) is 5.97 Å². The molecule has 0 saturated carbocycles. The number of hydrogen-bond acceptors (Lipinski definition) is 7. The second kappa shape index (κ2) is 11.0. The van der Waals surface area contributed by atoms with Crippen LogP contribution in [0, 0.1) is 5.92 Å². The van der Waals surface area contributed by atoms with E-state index in [1.165, 1.54) is 302 Å². The minimum atomic E-state index is -3.62. The van der Waals surface area contributed by atoms with Crippen molar-refractivity contribution in [3.8, 4) is 17.2 Å². The summed E-state index contributed by atoms with van der Waals surface area (Å²) in [6.07, 6.45) is 2.37. The molecular weight excluding hydrogens is 1210 g/mol. The van der Waals surface area contributed by atoms with Crippen LogP contribution in [0.3, 0.4) is 0 Å². The van der Waals surface area contributed by atoms with Gasteiger partial charge in [0.1, 0.15) is 17.2 Å². The number of esters is 2. The Hall–Kier alpha value is -11.5. The highest BCUT2D eigenvalue weighted by atomic mass is 31.2. The molecule has 0 saturated heterocycles.